The van der Waals surface area contributed by atoms with E-state index in [1.165, 1.54) is 5.56 Å². The van der Waals surface area contributed by atoms with Gasteiger partial charge < -0.3 is 23.8 Å². The average molecular weight is 570 g/mol. The number of carbonyl (C=O) groups excluding carboxylic acids is 1. The summed E-state index contributed by atoms with van der Waals surface area (Å²) in [4.78, 5) is 17.3. The molecule has 0 spiro atoms. The third-order valence-electron chi connectivity index (χ3n) is 7.50. The zero-order chi connectivity index (χ0) is 28.8. The van der Waals surface area contributed by atoms with E-state index in [0.29, 0.717) is 36.0 Å². The van der Waals surface area contributed by atoms with Crippen molar-refractivity contribution >= 4 is 17.7 Å². The minimum atomic E-state index is -0.212. The smallest absolute Gasteiger partial charge is 0.255 e. The van der Waals surface area contributed by atoms with Gasteiger partial charge in [0.25, 0.3) is 5.91 Å². The molecule has 1 aliphatic heterocycles. The van der Waals surface area contributed by atoms with Crippen LogP contribution in [0.4, 0.5) is 0 Å². The van der Waals surface area contributed by atoms with E-state index in [2.05, 4.69) is 12.1 Å². The van der Waals surface area contributed by atoms with E-state index in [9.17, 15) is 4.79 Å². The highest BCUT2D eigenvalue weighted by Crippen LogP contribution is 2.41. The maximum Gasteiger partial charge on any atom is 0.255 e. The maximum absolute atomic E-state index is 14.4. The number of carbonyl (C=O) groups is 1. The molecule has 0 saturated carbocycles. The lowest BCUT2D eigenvalue weighted by molar-refractivity contribution is 0.0656. The van der Waals surface area contributed by atoms with E-state index in [4.69, 9.17) is 18.9 Å². The molecule has 0 aliphatic carbocycles. The van der Waals surface area contributed by atoms with Gasteiger partial charge >= 0.3 is 0 Å². The van der Waals surface area contributed by atoms with Crippen LogP contribution in [0.15, 0.2) is 89.8 Å². The molecule has 0 aromatic heterocycles. The molecule has 7 heteroatoms. The molecule has 0 saturated heterocycles. The number of hydrogen-bond acceptors (Lipinski definition) is 6. The number of benzene rings is 4. The van der Waals surface area contributed by atoms with Crippen LogP contribution < -0.4 is 18.9 Å². The number of methoxy groups -OCH3 is 4. The van der Waals surface area contributed by atoms with Crippen LogP contribution >= 0.6 is 11.8 Å². The fourth-order valence-electron chi connectivity index (χ4n) is 5.38. The van der Waals surface area contributed by atoms with Crippen LogP contribution in [0.3, 0.4) is 0 Å². The van der Waals surface area contributed by atoms with Crippen LogP contribution in [-0.4, -0.2) is 45.8 Å². The first-order chi connectivity index (χ1) is 20.1. The molecule has 4 aromatic carbocycles. The molecule has 1 heterocycles. The second kappa shape index (κ2) is 13.0. The van der Waals surface area contributed by atoms with E-state index in [1.807, 2.05) is 77.7 Å². The van der Waals surface area contributed by atoms with Crippen molar-refractivity contribution in [3.63, 3.8) is 0 Å². The highest BCUT2D eigenvalue weighted by Gasteiger charge is 2.34. The fourth-order valence-corrected chi connectivity index (χ4v) is 6.38. The molecule has 0 fully saturated rings. The topological polar surface area (TPSA) is 57.2 Å². The van der Waals surface area contributed by atoms with Crippen LogP contribution in [0.25, 0.3) is 0 Å². The highest BCUT2D eigenvalue weighted by molar-refractivity contribution is 7.98. The zero-order valence-corrected chi connectivity index (χ0v) is 24.7. The van der Waals surface area contributed by atoms with E-state index in [0.717, 1.165) is 39.3 Å². The first-order valence-corrected chi connectivity index (χ1v) is 14.6. The standard InChI is InChI=1S/C34H35NO5S/c1-37-29-15-14-24(19-30(29)38-2)18-28-27-21-32(40-4)31(39-3)20-25(27)16-17-35(28)34(36)26-12-8-9-13-33(26)41-22-23-10-6-5-7-11-23/h5-15,19-21,28H,16-18,22H2,1-4H3/t28-/m1/s1. The molecule has 0 radical (unpaired) electrons. The lowest BCUT2D eigenvalue weighted by atomic mass is 9.87. The quantitative estimate of drug-likeness (QED) is 0.192. The number of amides is 1. The molecule has 4 aromatic rings. The molecule has 1 atom stereocenters. The van der Waals surface area contributed by atoms with E-state index < -0.39 is 0 Å². The summed E-state index contributed by atoms with van der Waals surface area (Å²) in [5.74, 6) is 3.49. The summed E-state index contributed by atoms with van der Waals surface area (Å²) in [6, 6.07) is 28.0. The van der Waals surface area contributed by atoms with Crippen LogP contribution in [0.2, 0.25) is 0 Å². The van der Waals surface area contributed by atoms with Gasteiger partial charge in [-0.3, -0.25) is 4.79 Å². The van der Waals surface area contributed by atoms with Gasteiger partial charge in [0.15, 0.2) is 23.0 Å². The van der Waals surface area contributed by atoms with Gasteiger partial charge in [-0.1, -0.05) is 48.5 Å². The zero-order valence-electron chi connectivity index (χ0n) is 23.9. The predicted octanol–water partition coefficient (Wildman–Crippen LogP) is 7.00. The molecule has 1 amide bonds. The maximum atomic E-state index is 14.4. The minimum Gasteiger partial charge on any atom is -0.493 e. The summed E-state index contributed by atoms with van der Waals surface area (Å²) >= 11 is 1.69. The molecule has 0 N–H and O–H groups in total. The average Bonchev–Trinajstić information content (AvgIpc) is 3.03. The van der Waals surface area contributed by atoms with Crippen molar-refractivity contribution in [2.45, 2.75) is 29.5 Å². The number of nitrogens with zero attached hydrogens (tertiary/aromatic N) is 1. The van der Waals surface area contributed by atoms with Crippen LogP contribution in [0, 0.1) is 0 Å². The van der Waals surface area contributed by atoms with Crippen molar-refractivity contribution in [2.75, 3.05) is 35.0 Å². The molecular formula is C34H35NO5S. The summed E-state index contributed by atoms with van der Waals surface area (Å²) in [6.07, 6.45) is 1.33. The predicted molar refractivity (Wildman–Crippen MR) is 163 cm³/mol. The summed E-state index contributed by atoms with van der Waals surface area (Å²) in [5, 5.41) is 0. The summed E-state index contributed by atoms with van der Waals surface area (Å²) in [6.45, 7) is 0.594. The van der Waals surface area contributed by atoms with Crippen molar-refractivity contribution in [1.29, 1.82) is 0 Å². The van der Waals surface area contributed by atoms with Crippen molar-refractivity contribution in [1.82, 2.24) is 4.90 Å². The van der Waals surface area contributed by atoms with Gasteiger partial charge in [-0.25, -0.2) is 0 Å². The Bertz CT molecular complexity index is 1510. The fraction of sp³-hybridized carbons (Fsp3) is 0.265. The van der Waals surface area contributed by atoms with E-state index >= 15 is 0 Å². The van der Waals surface area contributed by atoms with Crippen molar-refractivity contribution < 1.29 is 23.7 Å². The van der Waals surface area contributed by atoms with Crippen molar-refractivity contribution in [2.24, 2.45) is 0 Å². The van der Waals surface area contributed by atoms with Gasteiger partial charge in [0.1, 0.15) is 0 Å². The Hall–Kier alpha value is -4.10. The third-order valence-corrected chi connectivity index (χ3v) is 8.64. The first-order valence-electron chi connectivity index (χ1n) is 13.6. The number of rotatable bonds is 10. The Labute approximate surface area is 246 Å². The summed E-state index contributed by atoms with van der Waals surface area (Å²) < 4.78 is 22.3. The SMILES string of the molecule is COc1ccc(C[C@@H]2c3cc(OC)c(OC)cc3CCN2C(=O)c2ccccc2SCc2ccccc2)cc1OC. The van der Waals surface area contributed by atoms with Gasteiger partial charge in [0.05, 0.1) is 40.0 Å². The number of fused-ring (bicyclic) bond motifs is 1. The van der Waals surface area contributed by atoms with Crippen LogP contribution in [-0.2, 0) is 18.6 Å². The number of ether oxygens (including phenoxy) is 4. The Morgan fingerprint density at radius 3 is 2.15 bits per heavy atom. The third kappa shape index (κ3) is 6.15. The molecule has 41 heavy (non-hydrogen) atoms. The van der Waals surface area contributed by atoms with Gasteiger partial charge in [-0.15, -0.1) is 11.8 Å². The van der Waals surface area contributed by atoms with Gasteiger partial charge in [-0.05, 0) is 71.5 Å². The number of hydrogen-bond donors (Lipinski definition) is 0. The van der Waals surface area contributed by atoms with Crippen molar-refractivity contribution in [3.8, 4) is 23.0 Å². The monoisotopic (exact) mass is 569 g/mol. The lowest BCUT2D eigenvalue weighted by Crippen LogP contribution is -2.41. The largest absolute Gasteiger partial charge is 0.493 e. The Kier molecular flexibility index (Phi) is 9.04. The molecule has 0 bridgehead atoms. The highest BCUT2D eigenvalue weighted by atomic mass is 32.2. The Morgan fingerprint density at radius 1 is 0.756 bits per heavy atom. The molecule has 0 unspecified atom stereocenters. The first kappa shape index (κ1) is 28.4. The lowest BCUT2D eigenvalue weighted by Gasteiger charge is -2.38. The second-order valence-electron chi connectivity index (χ2n) is 9.83. The van der Waals surface area contributed by atoms with Crippen LogP contribution in [0.5, 0.6) is 23.0 Å². The summed E-state index contributed by atoms with van der Waals surface area (Å²) in [5.41, 5.74) is 5.20. The molecule has 6 nitrogen and oxygen atoms in total. The normalized spacial score (nSPS) is 14.2. The second-order valence-corrected chi connectivity index (χ2v) is 10.9. The Balaban J connectivity index is 1.52. The molecule has 212 valence electrons. The van der Waals surface area contributed by atoms with Crippen LogP contribution in [0.1, 0.15) is 38.7 Å². The van der Waals surface area contributed by atoms with Crippen molar-refractivity contribution in [3.05, 3.63) is 113 Å². The molecule has 1 aliphatic rings. The Morgan fingerprint density at radius 2 is 1.41 bits per heavy atom. The molecular weight excluding hydrogens is 534 g/mol. The van der Waals surface area contributed by atoms with Gasteiger partial charge in [0.2, 0.25) is 0 Å². The van der Waals surface area contributed by atoms with Gasteiger partial charge in [0, 0.05) is 17.2 Å². The van der Waals surface area contributed by atoms with Gasteiger partial charge in [-0.2, -0.15) is 0 Å². The summed E-state index contributed by atoms with van der Waals surface area (Å²) in [7, 11) is 6.55. The van der Waals surface area contributed by atoms with E-state index in [-0.39, 0.29) is 11.9 Å². The van der Waals surface area contributed by atoms with E-state index in [1.54, 1.807) is 40.2 Å². The minimum absolute atomic E-state index is 0.0204. The molecule has 5 rings (SSSR count). The number of thioether (sulfide) groups is 1.